The first-order chi connectivity index (χ1) is 11.3. The minimum Gasteiger partial charge on any atom is -0.508 e. The Morgan fingerprint density at radius 2 is 1.52 bits per heavy atom. The van der Waals surface area contributed by atoms with Crippen LogP contribution in [0.2, 0.25) is 0 Å². The van der Waals surface area contributed by atoms with Gasteiger partial charge in [0.05, 0.1) is 6.20 Å². The van der Waals surface area contributed by atoms with Crippen LogP contribution in [0.4, 0.5) is 11.5 Å². The zero-order valence-corrected chi connectivity index (χ0v) is 12.8. The van der Waals surface area contributed by atoms with Crippen molar-refractivity contribution >= 4 is 22.3 Å². The Bertz CT molecular complexity index is 805. The van der Waals surface area contributed by atoms with Crippen molar-refractivity contribution < 1.29 is 5.11 Å². The highest BCUT2D eigenvalue weighted by atomic mass is 16.3. The van der Waals surface area contributed by atoms with Crippen LogP contribution in [0.3, 0.4) is 0 Å². The molecule has 1 aromatic heterocycles. The zero-order valence-electron chi connectivity index (χ0n) is 12.8. The largest absolute Gasteiger partial charge is 0.508 e. The maximum absolute atomic E-state index is 9.40. The van der Waals surface area contributed by atoms with Gasteiger partial charge in [0, 0.05) is 42.6 Å². The van der Waals surface area contributed by atoms with Gasteiger partial charge in [0.25, 0.3) is 0 Å². The van der Waals surface area contributed by atoms with Crippen molar-refractivity contribution in [2.24, 2.45) is 0 Å². The number of hydrogen-bond acceptors (Lipinski definition) is 5. The molecule has 116 valence electrons. The molecule has 1 N–H and O–H groups in total. The smallest absolute Gasteiger partial charge is 0.159 e. The van der Waals surface area contributed by atoms with E-state index >= 15 is 0 Å². The summed E-state index contributed by atoms with van der Waals surface area (Å²) in [7, 11) is 0. The number of aromatic nitrogens is 2. The number of nitrogens with zero attached hydrogens (tertiary/aromatic N) is 4. The first-order valence-electron chi connectivity index (χ1n) is 7.80. The molecule has 2 aromatic carbocycles. The van der Waals surface area contributed by atoms with Gasteiger partial charge in [-0.05, 0) is 24.3 Å². The summed E-state index contributed by atoms with van der Waals surface area (Å²) in [5.41, 5.74) is 1.14. The molecule has 5 nitrogen and oxygen atoms in total. The molecule has 0 bridgehead atoms. The lowest BCUT2D eigenvalue weighted by Crippen LogP contribution is -2.47. The Morgan fingerprint density at radius 1 is 0.826 bits per heavy atom. The summed E-state index contributed by atoms with van der Waals surface area (Å²) in [6, 6.07) is 15.6. The number of phenols is 1. The number of fused-ring (bicyclic) bond motifs is 1. The first kappa shape index (κ1) is 13.8. The van der Waals surface area contributed by atoms with E-state index in [9.17, 15) is 5.11 Å². The van der Waals surface area contributed by atoms with Crippen molar-refractivity contribution in [3.05, 3.63) is 54.7 Å². The summed E-state index contributed by atoms with van der Waals surface area (Å²) in [5.74, 6) is 1.27. The lowest BCUT2D eigenvalue weighted by molar-refractivity contribution is 0.475. The van der Waals surface area contributed by atoms with Crippen molar-refractivity contribution in [3.63, 3.8) is 0 Å². The predicted octanol–water partition coefficient (Wildman–Crippen LogP) is 2.66. The lowest BCUT2D eigenvalue weighted by atomic mass is 10.1. The van der Waals surface area contributed by atoms with Crippen LogP contribution in [0.5, 0.6) is 5.75 Å². The van der Waals surface area contributed by atoms with E-state index < -0.39 is 0 Å². The molecule has 5 heteroatoms. The minimum atomic E-state index is 0.304. The highest BCUT2D eigenvalue weighted by Gasteiger charge is 2.20. The van der Waals surface area contributed by atoms with Crippen molar-refractivity contribution in [2.45, 2.75) is 0 Å². The van der Waals surface area contributed by atoms with E-state index in [-0.39, 0.29) is 0 Å². The molecule has 1 aliphatic heterocycles. The fourth-order valence-corrected chi connectivity index (χ4v) is 3.09. The highest BCUT2D eigenvalue weighted by molar-refractivity contribution is 5.91. The van der Waals surface area contributed by atoms with E-state index in [2.05, 4.69) is 32.1 Å². The molecule has 0 spiro atoms. The number of piperazine rings is 1. The topological polar surface area (TPSA) is 52.5 Å². The molecule has 0 unspecified atom stereocenters. The maximum Gasteiger partial charge on any atom is 0.159 e. The first-order valence-corrected chi connectivity index (χ1v) is 7.80. The van der Waals surface area contributed by atoms with Crippen LogP contribution in [0.1, 0.15) is 0 Å². The van der Waals surface area contributed by atoms with Gasteiger partial charge in [-0.15, -0.1) is 5.10 Å². The molecule has 0 saturated carbocycles. The van der Waals surface area contributed by atoms with E-state index in [1.165, 1.54) is 0 Å². The predicted molar refractivity (Wildman–Crippen MR) is 92.1 cm³/mol. The summed E-state index contributed by atoms with van der Waals surface area (Å²) >= 11 is 0. The van der Waals surface area contributed by atoms with Gasteiger partial charge in [-0.25, -0.2) is 0 Å². The van der Waals surface area contributed by atoms with Crippen molar-refractivity contribution in [3.8, 4) is 5.75 Å². The molecule has 0 amide bonds. The Labute approximate surface area is 134 Å². The normalized spacial score (nSPS) is 15.1. The van der Waals surface area contributed by atoms with Crippen LogP contribution in [0.15, 0.2) is 54.7 Å². The number of anilines is 2. The van der Waals surface area contributed by atoms with Gasteiger partial charge >= 0.3 is 0 Å². The molecule has 0 radical (unpaired) electrons. The monoisotopic (exact) mass is 306 g/mol. The third-order valence-corrected chi connectivity index (χ3v) is 4.35. The van der Waals surface area contributed by atoms with Crippen LogP contribution in [0.25, 0.3) is 10.8 Å². The molecular formula is C18H18N4O. The number of phenolic OH excluding ortho intramolecular Hbond substituents is 1. The summed E-state index contributed by atoms with van der Waals surface area (Å²) in [4.78, 5) is 4.63. The van der Waals surface area contributed by atoms with Crippen LogP contribution < -0.4 is 9.80 Å². The maximum atomic E-state index is 9.40. The highest BCUT2D eigenvalue weighted by Crippen LogP contribution is 2.26. The van der Waals surface area contributed by atoms with Crippen LogP contribution in [0, 0.1) is 0 Å². The molecule has 4 rings (SSSR count). The van der Waals surface area contributed by atoms with Gasteiger partial charge in [-0.1, -0.05) is 24.3 Å². The van der Waals surface area contributed by atoms with Crippen molar-refractivity contribution in [2.75, 3.05) is 36.0 Å². The van der Waals surface area contributed by atoms with Gasteiger partial charge in [0.2, 0.25) is 0 Å². The molecule has 0 atom stereocenters. The number of hydrogen-bond donors (Lipinski definition) is 1. The van der Waals surface area contributed by atoms with E-state index in [1.807, 2.05) is 30.5 Å². The van der Waals surface area contributed by atoms with E-state index in [1.54, 1.807) is 12.1 Å². The lowest BCUT2D eigenvalue weighted by Gasteiger charge is -2.36. The van der Waals surface area contributed by atoms with Crippen LogP contribution in [-0.4, -0.2) is 41.5 Å². The Kier molecular flexibility index (Phi) is 3.46. The Morgan fingerprint density at radius 3 is 2.30 bits per heavy atom. The van der Waals surface area contributed by atoms with E-state index in [0.29, 0.717) is 5.75 Å². The molecule has 1 fully saturated rings. The van der Waals surface area contributed by atoms with Crippen LogP contribution in [-0.2, 0) is 0 Å². The van der Waals surface area contributed by atoms with Gasteiger partial charge in [-0.2, -0.15) is 5.10 Å². The second-order valence-corrected chi connectivity index (χ2v) is 5.75. The van der Waals surface area contributed by atoms with Crippen molar-refractivity contribution in [1.82, 2.24) is 10.2 Å². The molecular weight excluding hydrogens is 288 g/mol. The van der Waals surface area contributed by atoms with Gasteiger partial charge in [0.15, 0.2) is 5.82 Å². The SMILES string of the molecule is Oc1ccc(N2CCN(c3nncc4ccccc34)CC2)cc1. The molecule has 1 saturated heterocycles. The minimum absolute atomic E-state index is 0.304. The Balaban J connectivity index is 1.54. The Hall–Kier alpha value is -2.82. The average Bonchev–Trinajstić information content (AvgIpc) is 2.62. The summed E-state index contributed by atoms with van der Waals surface area (Å²) < 4.78 is 0. The summed E-state index contributed by atoms with van der Waals surface area (Å²) in [6.07, 6.45) is 1.81. The van der Waals surface area contributed by atoms with Gasteiger partial charge < -0.3 is 14.9 Å². The third-order valence-electron chi connectivity index (χ3n) is 4.35. The van der Waals surface area contributed by atoms with Crippen molar-refractivity contribution in [1.29, 1.82) is 0 Å². The standard InChI is InChI=1S/C18H18N4O/c23-16-7-5-15(6-8-16)21-9-11-22(12-10-21)18-17-4-2-1-3-14(17)13-19-20-18/h1-8,13,23H,9-12H2. The van der Waals surface area contributed by atoms with E-state index in [0.717, 1.165) is 48.5 Å². The fraction of sp³-hybridized carbons (Fsp3) is 0.222. The zero-order chi connectivity index (χ0) is 15.6. The number of aromatic hydroxyl groups is 1. The molecule has 0 aliphatic carbocycles. The second kappa shape index (κ2) is 5.76. The molecule has 2 heterocycles. The van der Waals surface area contributed by atoms with E-state index in [4.69, 9.17) is 0 Å². The fourth-order valence-electron chi connectivity index (χ4n) is 3.09. The molecule has 3 aromatic rings. The molecule has 23 heavy (non-hydrogen) atoms. The number of benzene rings is 2. The number of rotatable bonds is 2. The third kappa shape index (κ3) is 2.65. The second-order valence-electron chi connectivity index (χ2n) is 5.75. The van der Waals surface area contributed by atoms with Gasteiger partial charge in [0.1, 0.15) is 5.75 Å². The van der Waals surface area contributed by atoms with Gasteiger partial charge in [-0.3, -0.25) is 0 Å². The summed E-state index contributed by atoms with van der Waals surface area (Å²) in [5, 5.41) is 20.2. The molecule has 1 aliphatic rings. The quantitative estimate of drug-likeness (QED) is 0.789. The van der Waals surface area contributed by atoms with Crippen LogP contribution >= 0.6 is 0 Å². The summed E-state index contributed by atoms with van der Waals surface area (Å²) in [6.45, 7) is 3.67. The average molecular weight is 306 g/mol.